The van der Waals surface area contributed by atoms with Crippen LogP contribution in [0.5, 0.6) is 5.75 Å². The molecular weight excluding hydrogens is 367 g/mol. The first kappa shape index (κ1) is 18.9. The topological polar surface area (TPSA) is 69.0 Å². The average Bonchev–Trinajstić information content (AvgIpc) is 3.07. The van der Waals surface area contributed by atoms with Crippen LogP contribution in [-0.4, -0.2) is 26.4 Å². The van der Waals surface area contributed by atoms with Crippen molar-refractivity contribution in [2.45, 2.75) is 25.2 Å². The fourth-order valence-electron chi connectivity index (χ4n) is 2.41. The SMILES string of the molecule is CCn1c(COc2ccccc2)nnc1SCC(=O)Nc1cccc(F)c1. The van der Waals surface area contributed by atoms with Crippen molar-refractivity contribution in [3.05, 3.63) is 66.2 Å². The Morgan fingerprint density at radius 1 is 1.19 bits per heavy atom. The lowest BCUT2D eigenvalue weighted by Gasteiger charge is -2.09. The van der Waals surface area contributed by atoms with Crippen molar-refractivity contribution in [1.82, 2.24) is 14.8 Å². The first-order chi connectivity index (χ1) is 13.2. The van der Waals surface area contributed by atoms with E-state index in [9.17, 15) is 9.18 Å². The normalized spacial score (nSPS) is 10.6. The van der Waals surface area contributed by atoms with Gasteiger partial charge >= 0.3 is 0 Å². The van der Waals surface area contributed by atoms with E-state index in [1.807, 2.05) is 41.8 Å². The van der Waals surface area contributed by atoms with E-state index < -0.39 is 5.82 Å². The van der Waals surface area contributed by atoms with Crippen LogP contribution in [-0.2, 0) is 17.9 Å². The van der Waals surface area contributed by atoms with Gasteiger partial charge in [-0.05, 0) is 37.3 Å². The predicted molar refractivity (Wildman–Crippen MR) is 102 cm³/mol. The molecule has 0 aliphatic heterocycles. The highest BCUT2D eigenvalue weighted by Crippen LogP contribution is 2.19. The Morgan fingerprint density at radius 3 is 2.74 bits per heavy atom. The minimum absolute atomic E-state index is 0.147. The molecule has 1 N–H and O–H groups in total. The van der Waals surface area contributed by atoms with Crippen molar-refractivity contribution in [3.8, 4) is 5.75 Å². The third-order valence-corrected chi connectivity index (χ3v) is 4.63. The van der Waals surface area contributed by atoms with Gasteiger partial charge in [0.15, 0.2) is 11.0 Å². The maximum Gasteiger partial charge on any atom is 0.234 e. The van der Waals surface area contributed by atoms with E-state index in [2.05, 4.69) is 15.5 Å². The van der Waals surface area contributed by atoms with Crippen molar-refractivity contribution in [2.75, 3.05) is 11.1 Å². The molecule has 6 nitrogen and oxygen atoms in total. The number of thioether (sulfide) groups is 1. The molecule has 1 amide bonds. The Bertz CT molecular complexity index is 902. The number of carbonyl (C=O) groups is 1. The number of ether oxygens (including phenoxy) is 1. The smallest absolute Gasteiger partial charge is 0.234 e. The largest absolute Gasteiger partial charge is 0.486 e. The quantitative estimate of drug-likeness (QED) is 0.597. The molecule has 8 heteroatoms. The fourth-order valence-corrected chi connectivity index (χ4v) is 3.23. The Hall–Kier alpha value is -2.87. The summed E-state index contributed by atoms with van der Waals surface area (Å²) >= 11 is 1.27. The summed E-state index contributed by atoms with van der Waals surface area (Å²) < 4.78 is 20.8. The van der Waals surface area contributed by atoms with Crippen LogP contribution in [0.1, 0.15) is 12.7 Å². The molecule has 0 radical (unpaired) electrons. The summed E-state index contributed by atoms with van der Waals surface area (Å²) in [5.74, 6) is 0.961. The molecule has 0 unspecified atom stereocenters. The summed E-state index contributed by atoms with van der Waals surface area (Å²) in [6.45, 7) is 2.93. The number of nitrogens with one attached hydrogen (secondary N) is 1. The molecule has 2 aromatic carbocycles. The van der Waals surface area contributed by atoms with E-state index in [1.54, 1.807) is 12.1 Å². The van der Waals surface area contributed by atoms with Crippen LogP contribution in [0.25, 0.3) is 0 Å². The van der Waals surface area contributed by atoms with Gasteiger partial charge in [0.2, 0.25) is 5.91 Å². The molecule has 0 bridgehead atoms. The van der Waals surface area contributed by atoms with E-state index in [1.165, 1.54) is 23.9 Å². The zero-order chi connectivity index (χ0) is 19.1. The number of halogens is 1. The minimum atomic E-state index is -0.394. The number of hydrogen-bond acceptors (Lipinski definition) is 5. The molecule has 0 saturated heterocycles. The number of nitrogens with zero attached hydrogens (tertiary/aromatic N) is 3. The number of carbonyl (C=O) groups excluding carboxylic acids is 1. The van der Waals surface area contributed by atoms with Crippen molar-refractivity contribution >= 4 is 23.4 Å². The highest BCUT2D eigenvalue weighted by molar-refractivity contribution is 7.99. The Morgan fingerprint density at radius 2 is 2.00 bits per heavy atom. The van der Waals surface area contributed by atoms with Crippen LogP contribution >= 0.6 is 11.8 Å². The van der Waals surface area contributed by atoms with E-state index in [4.69, 9.17) is 4.74 Å². The lowest BCUT2D eigenvalue weighted by Crippen LogP contribution is -2.15. The molecule has 0 aliphatic carbocycles. The standard InChI is InChI=1S/C19H19FN4O2S/c1-2-24-17(12-26-16-9-4-3-5-10-16)22-23-19(24)27-13-18(25)21-15-8-6-7-14(20)11-15/h3-11H,2,12-13H2,1H3,(H,21,25). The Balaban J connectivity index is 1.57. The van der Waals surface area contributed by atoms with Crippen molar-refractivity contribution in [2.24, 2.45) is 0 Å². The third kappa shape index (κ3) is 5.30. The molecule has 0 fully saturated rings. The van der Waals surface area contributed by atoms with Crippen LogP contribution in [0.3, 0.4) is 0 Å². The van der Waals surface area contributed by atoms with E-state index >= 15 is 0 Å². The second-order valence-corrected chi connectivity index (χ2v) is 6.53. The molecule has 140 valence electrons. The van der Waals surface area contributed by atoms with Crippen LogP contribution in [0.4, 0.5) is 10.1 Å². The van der Waals surface area contributed by atoms with Gasteiger partial charge in [0.05, 0.1) is 5.75 Å². The van der Waals surface area contributed by atoms with E-state index in [0.29, 0.717) is 29.8 Å². The first-order valence-electron chi connectivity index (χ1n) is 8.44. The van der Waals surface area contributed by atoms with Gasteiger partial charge in [-0.3, -0.25) is 4.79 Å². The van der Waals surface area contributed by atoms with Crippen LogP contribution < -0.4 is 10.1 Å². The minimum Gasteiger partial charge on any atom is -0.486 e. The van der Waals surface area contributed by atoms with Gasteiger partial charge in [-0.1, -0.05) is 36.0 Å². The molecular formula is C19H19FN4O2S. The van der Waals surface area contributed by atoms with Gasteiger partial charge in [0, 0.05) is 12.2 Å². The van der Waals surface area contributed by atoms with Crippen molar-refractivity contribution in [3.63, 3.8) is 0 Å². The predicted octanol–water partition coefficient (Wildman–Crippen LogP) is 3.75. The van der Waals surface area contributed by atoms with Crippen molar-refractivity contribution < 1.29 is 13.9 Å². The van der Waals surface area contributed by atoms with Crippen LogP contribution in [0.2, 0.25) is 0 Å². The van der Waals surface area contributed by atoms with Crippen molar-refractivity contribution in [1.29, 1.82) is 0 Å². The molecule has 3 rings (SSSR count). The molecule has 3 aromatic rings. The summed E-state index contributed by atoms with van der Waals surface area (Å²) in [6.07, 6.45) is 0. The maximum absolute atomic E-state index is 13.2. The van der Waals surface area contributed by atoms with E-state index in [-0.39, 0.29) is 11.7 Å². The van der Waals surface area contributed by atoms with Gasteiger partial charge in [0.1, 0.15) is 18.2 Å². The number of amides is 1. The third-order valence-electron chi connectivity index (χ3n) is 3.66. The average molecular weight is 386 g/mol. The number of benzene rings is 2. The molecule has 0 atom stereocenters. The van der Waals surface area contributed by atoms with Gasteiger partial charge in [-0.2, -0.15) is 0 Å². The number of para-hydroxylation sites is 1. The highest BCUT2D eigenvalue weighted by Gasteiger charge is 2.14. The monoisotopic (exact) mass is 386 g/mol. The molecule has 1 heterocycles. The summed E-state index contributed by atoms with van der Waals surface area (Å²) in [5.41, 5.74) is 0.425. The second-order valence-electron chi connectivity index (χ2n) is 5.59. The number of aromatic nitrogens is 3. The number of rotatable bonds is 8. The molecule has 0 spiro atoms. The van der Waals surface area contributed by atoms with Gasteiger partial charge in [-0.15, -0.1) is 10.2 Å². The van der Waals surface area contributed by atoms with Gasteiger partial charge < -0.3 is 14.6 Å². The van der Waals surface area contributed by atoms with Crippen LogP contribution in [0.15, 0.2) is 59.8 Å². The second kappa shape index (κ2) is 9.18. The van der Waals surface area contributed by atoms with Crippen LogP contribution in [0, 0.1) is 5.82 Å². The number of hydrogen-bond donors (Lipinski definition) is 1. The first-order valence-corrected chi connectivity index (χ1v) is 9.42. The summed E-state index contributed by atoms with van der Waals surface area (Å²) in [6, 6.07) is 15.3. The van der Waals surface area contributed by atoms with E-state index in [0.717, 1.165) is 5.75 Å². The molecule has 0 aliphatic rings. The molecule has 0 saturated carbocycles. The zero-order valence-electron chi connectivity index (χ0n) is 14.8. The van der Waals surface area contributed by atoms with Gasteiger partial charge in [0.25, 0.3) is 0 Å². The zero-order valence-corrected chi connectivity index (χ0v) is 15.6. The summed E-state index contributed by atoms with van der Waals surface area (Å²) in [4.78, 5) is 12.1. The summed E-state index contributed by atoms with van der Waals surface area (Å²) in [7, 11) is 0. The number of anilines is 1. The van der Waals surface area contributed by atoms with Gasteiger partial charge in [-0.25, -0.2) is 4.39 Å². The lowest BCUT2D eigenvalue weighted by molar-refractivity contribution is -0.113. The summed E-state index contributed by atoms with van der Waals surface area (Å²) in [5, 5.41) is 11.6. The lowest BCUT2D eigenvalue weighted by atomic mass is 10.3. The maximum atomic E-state index is 13.2. The fraction of sp³-hybridized carbons (Fsp3) is 0.211. The molecule has 27 heavy (non-hydrogen) atoms. The molecule has 1 aromatic heterocycles. The Labute approximate surface area is 160 Å². The Kier molecular flexibility index (Phi) is 6.43. The highest BCUT2D eigenvalue weighted by atomic mass is 32.2.